The molecule has 1 fully saturated rings. The monoisotopic (exact) mass is 204 g/mol. The van der Waals surface area contributed by atoms with Crippen LogP contribution in [0.3, 0.4) is 0 Å². The van der Waals surface area contributed by atoms with Crippen molar-refractivity contribution in [3.8, 4) is 0 Å². The van der Waals surface area contributed by atoms with Crippen LogP contribution < -0.4 is 10.6 Å². The third-order valence-electron chi connectivity index (χ3n) is 2.37. The Kier molecular flexibility index (Phi) is 3.82. The summed E-state index contributed by atoms with van der Waals surface area (Å²) >= 11 is 0. The van der Waals surface area contributed by atoms with E-state index in [-0.39, 0.29) is 12.5 Å². The van der Waals surface area contributed by atoms with Gasteiger partial charge in [0.2, 0.25) is 5.91 Å². The smallest absolute Gasteiger partial charge is 0.218 e. The van der Waals surface area contributed by atoms with E-state index in [9.17, 15) is 15.0 Å². The summed E-state index contributed by atoms with van der Waals surface area (Å²) in [6.07, 6.45) is -2.76. The third-order valence-corrected chi connectivity index (χ3v) is 2.37. The predicted octanol–water partition coefficient (Wildman–Crippen LogP) is -2.62. The summed E-state index contributed by atoms with van der Waals surface area (Å²) in [4.78, 5) is 10.7. The van der Waals surface area contributed by atoms with Gasteiger partial charge in [0.25, 0.3) is 0 Å². The second kappa shape index (κ2) is 4.70. The van der Waals surface area contributed by atoms with Gasteiger partial charge in [-0.1, -0.05) is 0 Å². The number of aliphatic hydroxyl groups is 3. The highest BCUT2D eigenvalue weighted by atomic mass is 16.3. The van der Waals surface area contributed by atoms with E-state index in [2.05, 4.69) is 10.6 Å². The highest BCUT2D eigenvalue weighted by molar-refractivity contribution is 5.73. The highest BCUT2D eigenvalue weighted by Crippen LogP contribution is 2.14. The zero-order valence-corrected chi connectivity index (χ0v) is 7.97. The van der Waals surface area contributed by atoms with Gasteiger partial charge in [0.15, 0.2) is 0 Å². The van der Waals surface area contributed by atoms with Gasteiger partial charge in [-0.25, -0.2) is 0 Å². The van der Waals surface area contributed by atoms with Crippen LogP contribution in [0.25, 0.3) is 0 Å². The first-order valence-electron chi connectivity index (χ1n) is 4.53. The van der Waals surface area contributed by atoms with Gasteiger partial charge in [-0.05, 0) is 0 Å². The molecule has 1 amide bonds. The normalized spacial score (nSPS) is 38.0. The van der Waals surface area contributed by atoms with Crippen molar-refractivity contribution >= 4 is 5.91 Å². The van der Waals surface area contributed by atoms with Crippen molar-refractivity contribution in [2.24, 2.45) is 5.92 Å². The van der Waals surface area contributed by atoms with E-state index >= 15 is 0 Å². The van der Waals surface area contributed by atoms with Crippen LogP contribution in [0.15, 0.2) is 0 Å². The minimum absolute atomic E-state index is 0.196. The Morgan fingerprint density at radius 2 is 2.14 bits per heavy atom. The van der Waals surface area contributed by atoms with Gasteiger partial charge in [-0.15, -0.1) is 0 Å². The molecule has 0 saturated carbocycles. The van der Waals surface area contributed by atoms with Crippen LogP contribution in [0.2, 0.25) is 0 Å². The molecule has 0 aromatic carbocycles. The molecule has 0 radical (unpaired) electrons. The molecule has 1 aliphatic rings. The van der Waals surface area contributed by atoms with Crippen LogP contribution in [-0.2, 0) is 4.79 Å². The molecule has 6 heteroatoms. The quantitative estimate of drug-likeness (QED) is 0.339. The second-order valence-corrected chi connectivity index (χ2v) is 3.51. The molecule has 0 spiro atoms. The fourth-order valence-electron chi connectivity index (χ4n) is 1.52. The van der Waals surface area contributed by atoms with Gasteiger partial charge >= 0.3 is 0 Å². The van der Waals surface area contributed by atoms with Gasteiger partial charge in [0, 0.05) is 26.0 Å². The summed E-state index contributed by atoms with van der Waals surface area (Å²) in [6, 6.07) is 0. The molecule has 1 saturated heterocycles. The number of amides is 1. The third kappa shape index (κ3) is 2.42. The van der Waals surface area contributed by atoms with Crippen LogP contribution in [-0.4, -0.2) is 52.8 Å². The minimum atomic E-state index is -1.09. The SMILES string of the molecule is CC(=O)N[C@@H]1NC[C@@H](CO)[C@H](O)[C@H]1O. The minimum Gasteiger partial charge on any atom is -0.396 e. The molecule has 1 aliphatic heterocycles. The summed E-state index contributed by atoms with van der Waals surface area (Å²) in [7, 11) is 0. The number of piperidine rings is 1. The Balaban J connectivity index is 2.54. The summed E-state index contributed by atoms with van der Waals surface area (Å²) in [5.74, 6) is -0.675. The Bertz CT molecular complexity index is 212. The summed E-state index contributed by atoms with van der Waals surface area (Å²) in [5, 5.41) is 33.2. The van der Waals surface area contributed by atoms with Crippen LogP contribution in [0, 0.1) is 5.92 Å². The lowest BCUT2D eigenvalue weighted by atomic mass is 9.92. The average molecular weight is 204 g/mol. The van der Waals surface area contributed by atoms with E-state index in [1.54, 1.807) is 0 Å². The molecule has 0 aromatic rings. The molecule has 1 heterocycles. The van der Waals surface area contributed by atoms with Gasteiger partial charge in [0.1, 0.15) is 12.3 Å². The molecular formula is C8H16N2O4. The van der Waals surface area contributed by atoms with Crippen LogP contribution >= 0.6 is 0 Å². The summed E-state index contributed by atoms with van der Waals surface area (Å²) < 4.78 is 0. The Labute approximate surface area is 81.9 Å². The van der Waals surface area contributed by atoms with E-state index < -0.39 is 24.3 Å². The fourth-order valence-corrected chi connectivity index (χ4v) is 1.52. The molecule has 1 rings (SSSR count). The van der Waals surface area contributed by atoms with Crippen molar-refractivity contribution in [1.82, 2.24) is 10.6 Å². The summed E-state index contributed by atoms with van der Waals surface area (Å²) in [6.45, 7) is 1.50. The Hall–Kier alpha value is -0.690. The van der Waals surface area contributed by atoms with Gasteiger partial charge in [0.05, 0.1) is 6.10 Å². The number of nitrogens with one attached hydrogen (secondary N) is 2. The maximum Gasteiger partial charge on any atom is 0.218 e. The molecule has 0 bridgehead atoms. The first kappa shape index (κ1) is 11.4. The Morgan fingerprint density at radius 1 is 1.50 bits per heavy atom. The largest absolute Gasteiger partial charge is 0.396 e. The molecule has 0 aromatic heterocycles. The molecule has 4 atom stereocenters. The van der Waals surface area contributed by atoms with Crippen molar-refractivity contribution in [3.05, 3.63) is 0 Å². The standard InChI is InChI=1S/C8H16N2O4/c1-4(12)10-8-7(14)6(13)5(3-11)2-9-8/h5-9,11,13-14H,2-3H2,1H3,(H,10,12)/t5-,6-,7+,8-/m0/s1. The number of carbonyl (C=O) groups excluding carboxylic acids is 1. The lowest BCUT2D eigenvalue weighted by Gasteiger charge is -2.37. The zero-order valence-electron chi connectivity index (χ0n) is 7.97. The molecule has 14 heavy (non-hydrogen) atoms. The van der Waals surface area contributed by atoms with E-state index in [1.807, 2.05) is 0 Å². The van der Waals surface area contributed by atoms with E-state index in [1.165, 1.54) is 6.92 Å². The van der Waals surface area contributed by atoms with E-state index in [4.69, 9.17) is 5.11 Å². The first-order chi connectivity index (χ1) is 6.56. The fraction of sp³-hybridized carbons (Fsp3) is 0.875. The van der Waals surface area contributed by atoms with Crippen molar-refractivity contribution in [2.45, 2.75) is 25.3 Å². The predicted molar refractivity (Wildman–Crippen MR) is 48.2 cm³/mol. The van der Waals surface area contributed by atoms with E-state index in [0.717, 1.165) is 0 Å². The van der Waals surface area contributed by atoms with Crippen molar-refractivity contribution < 1.29 is 20.1 Å². The van der Waals surface area contributed by atoms with Gasteiger partial charge in [-0.3, -0.25) is 10.1 Å². The maximum atomic E-state index is 10.7. The van der Waals surface area contributed by atoms with Crippen molar-refractivity contribution in [1.29, 1.82) is 0 Å². The maximum absolute atomic E-state index is 10.7. The highest BCUT2D eigenvalue weighted by Gasteiger charge is 2.36. The number of carbonyl (C=O) groups is 1. The van der Waals surface area contributed by atoms with Gasteiger partial charge in [-0.2, -0.15) is 0 Å². The lowest BCUT2D eigenvalue weighted by Crippen LogP contribution is -2.64. The average Bonchev–Trinajstić information content (AvgIpc) is 2.13. The first-order valence-corrected chi connectivity index (χ1v) is 4.53. The van der Waals surface area contributed by atoms with E-state index in [0.29, 0.717) is 6.54 Å². The van der Waals surface area contributed by atoms with Crippen molar-refractivity contribution in [3.63, 3.8) is 0 Å². The van der Waals surface area contributed by atoms with Crippen LogP contribution in [0.5, 0.6) is 0 Å². The number of hydrogen-bond donors (Lipinski definition) is 5. The molecule has 0 aliphatic carbocycles. The number of rotatable bonds is 2. The van der Waals surface area contributed by atoms with Crippen molar-refractivity contribution in [2.75, 3.05) is 13.2 Å². The van der Waals surface area contributed by atoms with Gasteiger partial charge < -0.3 is 20.6 Å². The Morgan fingerprint density at radius 3 is 2.64 bits per heavy atom. The zero-order chi connectivity index (χ0) is 10.7. The molecule has 6 nitrogen and oxygen atoms in total. The topological polar surface area (TPSA) is 102 Å². The molecule has 0 unspecified atom stereocenters. The molecule has 82 valence electrons. The summed E-state index contributed by atoms with van der Waals surface area (Å²) in [5.41, 5.74) is 0. The molecule has 5 N–H and O–H groups in total. The second-order valence-electron chi connectivity index (χ2n) is 3.51. The van der Waals surface area contributed by atoms with Crippen LogP contribution in [0.1, 0.15) is 6.92 Å². The number of hydrogen-bond acceptors (Lipinski definition) is 5. The number of aliphatic hydroxyl groups excluding tert-OH is 3. The van der Waals surface area contributed by atoms with Crippen LogP contribution in [0.4, 0.5) is 0 Å². The molecular weight excluding hydrogens is 188 g/mol. The lowest BCUT2D eigenvalue weighted by molar-refractivity contribution is -0.124.